The van der Waals surface area contributed by atoms with Crippen LogP contribution in [0, 0.1) is 10.1 Å². The molecule has 23 heavy (non-hydrogen) atoms. The van der Waals surface area contributed by atoms with Crippen molar-refractivity contribution >= 4 is 13.3 Å². The number of nitro groups is 1. The maximum absolute atomic E-state index is 12.9. The summed E-state index contributed by atoms with van der Waals surface area (Å²) >= 11 is 0. The Labute approximate surface area is 137 Å². The van der Waals surface area contributed by atoms with Crippen LogP contribution in [0.25, 0.3) is 0 Å². The van der Waals surface area contributed by atoms with Gasteiger partial charge < -0.3 is 4.52 Å². The van der Waals surface area contributed by atoms with Gasteiger partial charge in [-0.15, -0.1) is 0 Å². The van der Waals surface area contributed by atoms with Crippen molar-refractivity contribution in [2.75, 3.05) is 12.8 Å². The van der Waals surface area contributed by atoms with Gasteiger partial charge in [-0.05, 0) is 25.0 Å². The van der Waals surface area contributed by atoms with E-state index in [0.717, 1.165) is 38.5 Å². The summed E-state index contributed by atoms with van der Waals surface area (Å²) < 4.78 is 24.0. The number of hydrogen-bond acceptors (Lipinski definition) is 5. The number of rotatable bonds is 12. The maximum atomic E-state index is 12.9. The number of nitrogens with zero attached hydrogens (tertiary/aromatic N) is 1. The summed E-state index contributed by atoms with van der Waals surface area (Å²) in [6.07, 6.45) is 6.10. The molecule has 1 rings (SSSR count). The molecule has 0 heterocycles. The average Bonchev–Trinajstić information content (AvgIpc) is 2.52. The highest BCUT2D eigenvalue weighted by Gasteiger charge is 2.25. The molecule has 1 atom stereocenters. The number of benzene rings is 1. The summed E-state index contributed by atoms with van der Waals surface area (Å²) in [7, 11) is -3.22. The third-order valence-electron chi connectivity index (χ3n) is 3.36. The lowest BCUT2D eigenvalue weighted by atomic mass is 10.2. The lowest BCUT2D eigenvalue weighted by Crippen LogP contribution is -2.04. The fraction of sp³-hybridized carbons (Fsp3) is 0.625. The molecule has 0 aliphatic rings. The molecule has 0 spiro atoms. The van der Waals surface area contributed by atoms with Crippen LogP contribution in [0.2, 0.25) is 0 Å². The van der Waals surface area contributed by atoms with Gasteiger partial charge in [0.15, 0.2) is 0 Å². The second-order valence-corrected chi connectivity index (χ2v) is 7.53. The van der Waals surface area contributed by atoms with Crippen molar-refractivity contribution in [2.45, 2.75) is 52.4 Å². The van der Waals surface area contributed by atoms with Gasteiger partial charge in [0, 0.05) is 12.1 Å². The van der Waals surface area contributed by atoms with Gasteiger partial charge in [-0.3, -0.25) is 14.6 Å². The van der Waals surface area contributed by atoms with Gasteiger partial charge in [-0.1, -0.05) is 39.5 Å². The molecule has 0 fully saturated rings. The Morgan fingerprint density at radius 2 is 1.70 bits per heavy atom. The molecule has 130 valence electrons. The van der Waals surface area contributed by atoms with Crippen molar-refractivity contribution in [3.05, 3.63) is 34.4 Å². The molecule has 0 bridgehead atoms. The number of nitro benzene ring substituents is 1. The SMILES string of the molecule is CCCCCCP(=O)(OCCCC)Oc1ccc([N+](=O)[O-])cc1. The van der Waals surface area contributed by atoms with Gasteiger partial charge >= 0.3 is 7.60 Å². The first-order valence-electron chi connectivity index (χ1n) is 8.18. The lowest BCUT2D eigenvalue weighted by molar-refractivity contribution is -0.384. The molecule has 6 nitrogen and oxygen atoms in total. The van der Waals surface area contributed by atoms with Crippen LogP contribution in [0.1, 0.15) is 52.4 Å². The molecule has 0 aliphatic heterocycles. The highest BCUT2D eigenvalue weighted by molar-refractivity contribution is 7.54. The van der Waals surface area contributed by atoms with Crippen LogP contribution in [-0.2, 0) is 9.09 Å². The molecule has 0 aromatic heterocycles. The van der Waals surface area contributed by atoms with Crippen molar-refractivity contribution in [1.82, 2.24) is 0 Å². The van der Waals surface area contributed by atoms with Gasteiger partial charge in [0.25, 0.3) is 5.69 Å². The number of hydrogen-bond donors (Lipinski definition) is 0. The van der Waals surface area contributed by atoms with Crippen LogP contribution < -0.4 is 4.52 Å². The van der Waals surface area contributed by atoms with E-state index >= 15 is 0 Å². The second kappa shape index (κ2) is 10.4. The van der Waals surface area contributed by atoms with Gasteiger partial charge in [-0.2, -0.15) is 0 Å². The predicted octanol–water partition coefficient (Wildman–Crippen LogP) is 5.56. The fourth-order valence-electron chi connectivity index (χ4n) is 2.01. The molecule has 1 unspecified atom stereocenters. The Morgan fingerprint density at radius 3 is 2.26 bits per heavy atom. The molecule has 0 aliphatic carbocycles. The smallest absolute Gasteiger partial charge is 0.379 e. The van der Waals surface area contributed by atoms with E-state index in [9.17, 15) is 14.7 Å². The molecule has 7 heteroatoms. The van der Waals surface area contributed by atoms with E-state index in [0.29, 0.717) is 18.5 Å². The summed E-state index contributed by atoms with van der Waals surface area (Å²) in [6, 6.07) is 5.59. The van der Waals surface area contributed by atoms with Crippen LogP contribution in [0.3, 0.4) is 0 Å². The molecule has 0 N–H and O–H groups in total. The molecular weight excluding hydrogens is 317 g/mol. The van der Waals surface area contributed by atoms with Crippen molar-refractivity contribution < 1.29 is 18.5 Å². The Bertz CT molecular complexity index is 518. The van der Waals surface area contributed by atoms with Gasteiger partial charge in [0.2, 0.25) is 0 Å². The lowest BCUT2D eigenvalue weighted by Gasteiger charge is -2.19. The van der Waals surface area contributed by atoms with E-state index in [-0.39, 0.29) is 5.69 Å². The van der Waals surface area contributed by atoms with Crippen molar-refractivity contribution in [1.29, 1.82) is 0 Å². The maximum Gasteiger partial charge on any atom is 0.379 e. The van der Waals surface area contributed by atoms with Crippen LogP contribution in [-0.4, -0.2) is 17.7 Å². The van der Waals surface area contributed by atoms with E-state index in [1.54, 1.807) is 0 Å². The zero-order valence-corrected chi connectivity index (χ0v) is 14.8. The summed E-state index contributed by atoms with van der Waals surface area (Å²) in [5.41, 5.74) is -0.0259. The normalized spacial score (nSPS) is 13.5. The van der Waals surface area contributed by atoms with Crippen molar-refractivity contribution in [3.63, 3.8) is 0 Å². The fourth-order valence-corrected chi connectivity index (χ4v) is 3.74. The van der Waals surface area contributed by atoms with E-state index < -0.39 is 12.5 Å². The van der Waals surface area contributed by atoms with E-state index in [4.69, 9.17) is 9.05 Å². The molecule has 0 amide bonds. The van der Waals surface area contributed by atoms with Gasteiger partial charge in [0.1, 0.15) is 5.75 Å². The Kier molecular flexibility index (Phi) is 8.89. The number of non-ortho nitro benzene ring substituents is 1. The molecule has 1 aromatic carbocycles. The van der Waals surface area contributed by atoms with Crippen LogP contribution in [0.5, 0.6) is 5.75 Å². The predicted molar refractivity (Wildman–Crippen MR) is 91.2 cm³/mol. The Hall–Kier alpha value is -1.39. The summed E-state index contributed by atoms with van der Waals surface area (Å²) in [5.74, 6) is 0.339. The summed E-state index contributed by atoms with van der Waals surface area (Å²) in [6.45, 7) is 4.55. The van der Waals surface area contributed by atoms with Crippen molar-refractivity contribution in [3.8, 4) is 5.75 Å². The minimum Gasteiger partial charge on any atom is -0.424 e. The Morgan fingerprint density at radius 1 is 1.04 bits per heavy atom. The topological polar surface area (TPSA) is 78.7 Å². The van der Waals surface area contributed by atoms with Gasteiger partial charge in [-0.25, -0.2) is 4.57 Å². The first-order valence-corrected chi connectivity index (χ1v) is 9.91. The molecule has 1 aromatic rings. The highest BCUT2D eigenvalue weighted by Crippen LogP contribution is 2.49. The second-order valence-electron chi connectivity index (χ2n) is 5.42. The summed E-state index contributed by atoms with van der Waals surface area (Å²) in [4.78, 5) is 10.2. The molecule has 0 radical (unpaired) electrons. The van der Waals surface area contributed by atoms with Gasteiger partial charge in [0.05, 0.1) is 17.7 Å². The third kappa shape index (κ3) is 7.62. The minimum atomic E-state index is -3.22. The first-order chi connectivity index (χ1) is 11.0. The van der Waals surface area contributed by atoms with E-state index in [2.05, 4.69) is 6.92 Å². The molecule has 0 saturated heterocycles. The minimum absolute atomic E-state index is 0.0259. The summed E-state index contributed by atoms with van der Waals surface area (Å²) in [5, 5.41) is 10.7. The third-order valence-corrected chi connectivity index (χ3v) is 5.29. The standard InChI is InChI=1S/C16H26NO5P/c1-3-5-7-8-14-23(20,21-13-6-4-2)22-16-11-9-15(10-12-16)17(18)19/h9-12H,3-8,13-14H2,1-2H3. The largest absolute Gasteiger partial charge is 0.424 e. The van der Waals surface area contributed by atoms with Crippen LogP contribution in [0.15, 0.2) is 24.3 Å². The first kappa shape index (κ1) is 19.7. The monoisotopic (exact) mass is 343 g/mol. The molecular formula is C16H26NO5P. The van der Waals surface area contributed by atoms with E-state index in [1.807, 2.05) is 6.92 Å². The van der Waals surface area contributed by atoms with Crippen LogP contribution in [0.4, 0.5) is 5.69 Å². The zero-order chi connectivity index (χ0) is 17.1. The van der Waals surface area contributed by atoms with E-state index in [1.165, 1.54) is 24.3 Å². The zero-order valence-electron chi connectivity index (χ0n) is 13.9. The molecule has 0 saturated carbocycles. The highest BCUT2D eigenvalue weighted by atomic mass is 31.2. The average molecular weight is 343 g/mol. The number of unbranched alkanes of at least 4 members (excludes halogenated alkanes) is 4. The Balaban J connectivity index is 2.69. The quantitative estimate of drug-likeness (QED) is 0.215. The van der Waals surface area contributed by atoms with Crippen LogP contribution >= 0.6 is 7.60 Å². The van der Waals surface area contributed by atoms with Crippen molar-refractivity contribution in [2.24, 2.45) is 0 Å².